The van der Waals surface area contributed by atoms with Crippen LogP contribution in [-0.4, -0.2) is 25.5 Å². The third kappa shape index (κ3) is 2.99. The highest BCUT2D eigenvalue weighted by Gasteiger charge is 2.18. The third-order valence-electron chi connectivity index (χ3n) is 2.79. The number of fused-ring (bicyclic) bond motifs is 1. The zero-order valence-electron chi connectivity index (χ0n) is 9.88. The monoisotopic (exact) mass is 253 g/mol. The molecule has 0 bridgehead atoms. The van der Waals surface area contributed by atoms with E-state index in [1.165, 1.54) is 0 Å². The lowest BCUT2D eigenvalue weighted by molar-refractivity contribution is -0.117. The first kappa shape index (κ1) is 12.4. The van der Waals surface area contributed by atoms with E-state index in [2.05, 4.69) is 5.32 Å². The lowest BCUT2D eigenvalue weighted by Crippen LogP contribution is -2.23. The van der Waals surface area contributed by atoms with Crippen molar-refractivity contribution in [2.45, 2.75) is 19.8 Å². The highest BCUT2D eigenvalue weighted by molar-refractivity contribution is 6.30. The maximum Gasteiger partial charge on any atom is 0.151 e. The van der Waals surface area contributed by atoms with E-state index in [4.69, 9.17) is 16.3 Å². The summed E-state index contributed by atoms with van der Waals surface area (Å²) in [5.41, 5.74) is 2.02. The van der Waals surface area contributed by atoms with Gasteiger partial charge in [0.1, 0.15) is 5.75 Å². The Balaban J connectivity index is 2.13. The van der Waals surface area contributed by atoms with Gasteiger partial charge in [-0.05, 0) is 24.2 Å². The minimum atomic E-state index is 0.159. The molecule has 1 aromatic carbocycles. The molecule has 0 saturated heterocycles. The summed E-state index contributed by atoms with van der Waals surface area (Å²) >= 11 is 6.03. The second kappa shape index (κ2) is 5.52. The minimum absolute atomic E-state index is 0.159. The van der Waals surface area contributed by atoms with Crippen LogP contribution >= 0.6 is 11.6 Å². The van der Waals surface area contributed by atoms with E-state index in [9.17, 15) is 4.79 Å². The van der Waals surface area contributed by atoms with Crippen LogP contribution in [0.2, 0.25) is 5.02 Å². The zero-order chi connectivity index (χ0) is 12.3. The van der Waals surface area contributed by atoms with Gasteiger partial charge in [-0.15, -0.1) is 0 Å². The Morgan fingerprint density at radius 1 is 1.53 bits per heavy atom. The Labute approximate surface area is 106 Å². The highest BCUT2D eigenvalue weighted by Crippen LogP contribution is 2.33. The molecule has 17 heavy (non-hydrogen) atoms. The summed E-state index contributed by atoms with van der Waals surface area (Å²) in [5.74, 6) is 1.02. The molecule has 0 radical (unpaired) electrons. The Hall–Kier alpha value is -1.06. The van der Waals surface area contributed by atoms with Gasteiger partial charge in [0.2, 0.25) is 0 Å². The molecular formula is C13H16ClNO2. The molecule has 4 heteroatoms. The van der Waals surface area contributed by atoms with E-state index in [-0.39, 0.29) is 5.78 Å². The standard InChI is InChI=1S/C13H16ClNO2/c1-2-15-8-12(16)7-10-6-11(14)5-9-3-4-17-13(9)10/h5-6,15H,2-4,7-8H2,1H3. The largest absolute Gasteiger partial charge is 0.493 e. The van der Waals surface area contributed by atoms with Crippen LogP contribution in [0.5, 0.6) is 5.75 Å². The van der Waals surface area contributed by atoms with Crippen molar-refractivity contribution in [1.82, 2.24) is 5.32 Å². The predicted octanol–water partition coefficient (Wildman–Crippen LogP) is 2.00. The van der Waals surface area contributed by atoms with Crippen molar-refractivity contribution in [2.24, 2.45) is 0 Å². The first-order valence-electron chi connectivity index (χ1n) is 5.87. The van der Waals surface area contributed by atoms with Crippen molar-refractivity contribution in [1.29, 1.82) is 0 Å². The second-order valence-electron chi connectivity index (χ2n) is 4.15. The zero-order valence-corrected chi connectivity index (χ0v) is 10.6. The first-order chi connectivity index (χ1) is 8.20. The van der Waals surface area contributed by atoms with E-state index in [0.717, 1.165) is 29.8 Å². The number of nitrogens with one attached hydrogen (secondary N) is 1. The van der Waals surface area contributed by atoms with Crippen LogP contribution < -0.4 is 10.1 Å². The minimum Gasteiger partial charge on any atom is -0.493 e. The van der Waals surface area contributed by atoms with Crippen molar-refractivity contribution >= 4 is 17.4 Å². The maximum absolute atomic E-state index is 11.7. The highest BCUT2D eigenvalue weighted by atomic mass is 35.5. The van der Waals surface area contributed by atoms with Gasteiger partial charge in [0, 0.05) is 23.4 Å². The Bertz CT molecular complexity index is 432. The van der Waals surface area contributed by atoms with Crippen LogP contribution in [0.15, 0.2) is 12.1 Å². The lowest BCUT2D eigenvalue weighted by atomic mass is 10.0. The molecule has 1 aromatic rings. The molecule has 2 rings (SSSR count). The molecule has 0 aliphatic carbocycles. The molecule has 0 aromatic heterocycles. The number of halogens is 1. The molecule has 1 N–H and O–H groups in total. The van der Waals surface area contributed by atoms with Crippen molar-refractivity contribution in [3.8, 4) is 5.75 Å². The topological polar surface area (TPSA) is 38.3 Å². The number of Topliss-reactive ketones (excluding diaryl/α,β-unsaturated/α-hetero) is 1. The van der Waals surface area contributed by atoms with Gasteiger partial charge < -0.3 is 10.1 Å². The molecule has 1 aliphatic heterocycles. The van der Waals surface area contributed by atoms with Crippen molar-refractivity contribution < 1.29 is 9.53 Å². The average Bonchev–Trinajstić information content (AvgIpc) is 2.74. The molecule has 0 unspecified atom stereocenters. The van der Waals surface area contributed by atoms with E-state index in [1.54, 1.807) is 0 Å². The Morgan fingerprint density at radius 2 is 2.35 bits per heavy atom. The van der Waals surface area contributed by atoms with E-state index >= 15 is 0 Å². The van der Waals surface area contributed by atoms with Crippen LogP contribution in [0.3, 0.4) is 0 Å². The number of hydrogen-bond acceptors (Lipinski definition) is 3. The summed E-state index contributed by atoms with van der Waals surface area (Å²) in [5, 5.41) is 3.71. The summed E-state index contributed by atoms with van der Waals surface area (Å²) < 4.78 is 5.56. The average molecular weight is 254 g/mol. The number of likely N-dealkylation sites (N-methyl/N-ethyl adjacent to an activating group) is 1. The third-order valence-corrected chi connectivity index (χ3v) is 3.00. The quantitative estimate of drug-likeness (QED) is 0.872. The molecule has 1 aliphatic rings. The van der Waals surface area contributed by atoms with Crippen molar-refractivity contribution in [2.75, 3.05) is 19.7 Å². The molecule has 3 nitrogen and oxygen atoms in total. The molecule has 0 spiro atoms. The van der Waals surface area contributed by atoms with Gasteiger partial charge in [-0.3, -0.25) is 4.79 Å². The molecule has 92 valence electrons. The molecular weight excluding hydrogens is 238 g/mol. The smallest absolute Gasteiger partial charge is 0.151 e. The predicted molar refractivity (Wildman–Crippen MR) is 67.9 cm³/mol. The summed E-state index contributed by atoms with van der Waals surface area (Å²) in [4.78, 5) is 11.7. The van der Waals surface area contributed by atoms with E-state index < -0.39 is 0 Å². The summed E-state index contributed by atoms with van der Waals surface area (Å²) in [6.07, 6.45) is 1.26. The van der Waals surface area contributed by atoms with Gasteiger partial charge in [0.15, 0.2) is 5.78 Å². The van der Waals surface area contributed by atoms with Crippen LogP contribution in [0.25, 0.3) is 0 Å². The fourth-order valence-corrected chi connectivity index (χ4v) is 2.28. The Morgan fingerprint density at radius 3 is 3.12 bits per heavy atom. The number of benzene rings is 1. The normalized spacial score (nSPS) is 13.3. The molecule has 0 amide bonds. The second-order valence-corrected chi connectivity index (χ2v) is 4.58. The summed E-state index contributed by atoms with van der Waals surface area (Å²) in [7, 11) is 0. The SMILES string of the molecule is CCNCC(=O)Cc1cc(Cl)cc2c1OCC2. The molecule has 0 fully saturated rings. The number of rotatable bonds is 5. The van der Waals surface area contributed by atoms with Gasteiger partial charge >= 0.3 is 0 Å². The lowest BCUT2D eigenvalue weighted by Gasteiger charge is -2.08. The van der Waals surface area contributed by atoms with Crippen LogP contribution in [0, 0.1) is 0 Å². The summed E-state index contributed by atoms with van der Waals surface area (Å²) in [6.45, 7) is 3.87. The molecule has 1 heterocycles. The fraction of sp³-hybridized carbons (Fsp3) is 0.462. The number of carbonyl (C=O) groups excluding carboxylic acids is 1. The van der Waals surface area contributed by atoms with Gasteiger partial charge in [-0.2, -0.15) is 0 Å². The maximum atomic E-state index is 11.7. The van der Waals surface area contributed by atoms with Crippen LogP contribution in [0.1, 0.15) is 18.1 Å². The number of ether oxygens (including phenoxy) is 1. The van der Waals surface area contributed by atoms with Gasteiger partial charge in [-0.25, -0.2) is 0 Å². The van der Waals surface area contributed by atoms with E-state index in [0.29, 0.717) is 24.6 Å². The van der Waals surface area contributed by atoms with Gasteiger partial charge in [0.05, 0.1) is 13.2 Å². The first-order valence-corrected chi connectivity index (χ1v) is 6.25. The number of carbonyl (C=O) groups is 1. The van der Waals surface area contributed by atoms with Crippen LogP contribution in [0.4, 0.5) is 0 Å². The van der Waals surface area contributed by atoms with Gasteiger partial charge in [0.25, 0.3) is 0 Å². The van der Waals surface area contributed by atoms with Crippen molar-refractivity contribution in [3.63, 3.8) is 0 Å². The number of ketones is 1. The van der Waals surface area contributed by atoms with Gasteiger partial charge in [-0.1, -0.05) is 18.5 Å². The molecule has 0 saturated carbocycles. The van der Waals surface area contributed by atoms with Crippen LogP contribution in [-0.2, 0) is 17.6 Å². The van der Waals surface area contributed by atoms with Crippen molar-refractivity contribution in [3.05, 3.63) is 28.3 Å². The summed E-state index contributed by atoms with van der Waals surface area (Å²) in [6, 6.07) is 3.75. The number of hydrogen-bond donors (Lipinski definition) is 1. The Kier molecular flexibility index (Phi) is 4.02. The van der Waals surface area contributed by atoms with E-state index in [1.807, 2.05) is 19.1 Å². The fourth-order valence-electron chi connectivity index (χ4n) is 2.02. The molecule has 0 atom stereocenters.